The molecule has 0 radical (unpaired) electrons. The molecule has 19 heavy (non-hydrogen) atoms. The first-order valence-electron chi connectivity index (χ1n) is 5.86. The van der Waals surface area contributed by atoms with Gasteiger partial charge in [0.1, 0.15) is 12.4 Å². The van der Waals surface area contributed by atoms with Crippen LogP contribution in [0.2, 0.25) is 0 Å². The molecule has 0 N–H and O–H groups in total. The molecule has 0 aromatic heterocycles. The lowest BCUT2D eigenvalue weighted by molar-refractivity contribution is -0.137. The molecule has 0 amide bonds. The van der Waals surface area contributed by atoms with Crippen molar-refractivity contribution in [1.29, 1.82) is 5.26 Å². The Labute approximate surface area is 108 Å². The number of halogens is 3. The Bertz CT molecular complexity index is 488. The summed E-state index contributed by atoms with van der Waals surface area (Å²) in [5, 5.41) is 8.66. The molecule has 1 aromatic rings. The third-order valence-electron chi connectivity index (χ3n) is 2.88. The fourth-order valence-corrected chi connectivity index (χ4v) is 1.91. The van der Waals surface area contributed by atoms with Gasteiger partial charge in [-0.3, -0.25) is 0 Å². The van der Waals surface area contributed by atoms with Gasteiger partial charge in [-0.05, 0) is 31.0 Å². The van der Waals surface area contributed by atoms with Crippen LogP contribution in [-0.4, -0.2) is 19.3 Å². The van der Waals surface area contributed by atoms with E-state index in [9.17, 15) is 13.2 Å². The van der Waals surface area contributed by atoms with Gasteiger partial charge >= 0.3 is 6.18 Å². The number of nitrogens with zero attached hydrogens (tertiary/aromatic N) is 1. The maximum atomic E-state index is 12.7. The predicted octanol–water partition coefficient (Wildman–Crippen LogP) is 3.13. The molecule has 1 aliphatic rings. The highest BCUT2D eigenvalue weighted by atomic mass is 19.4. The van der Waals surface area contributed by atoms with E-state index in [1.165, 1.54) is 12.1 Å². The number of ether oxygens (including phenoxy) is 2. The van der Waals surface area contributed by atoms with Crippen molar-refractivity contribution in [2.45, 2.75) is 25.1 Å². The number of hydrogen-bond acceptors (Lipinski definition) is 3. The third-order valence-corrected chi connectivity index (χ3v) is 2.88. The molecule has 1 fully saturated rings. The fraction of sp³-hybridized carbons (Fsp3) is 0.462. The van der Waals surface area contributed by atoms with E-state index in [0.29, 0.717) is 6.61 Å². The predicted molar refractivity (Wildman–Crippen MR) is 60.6 cm³/mol. The van der Waals surface area contributed by atoms with Gasteiger partial charge in [0, 0.05) is 6.61 Å². The molecule has 2 rings (SSSR count). The van der Waals surface area contributed by atoms with Crippen molar-refractivity contribution in [3.05, 3.63) is 29.3 Å². The molecule has 1 atom stereocenters. The van der Waals surface area contributed by atoms with Crippen LogP contribution in [0.15, 0.2) is 18.2 Å². The van der Waals surface area contributed by atoms with Crippen LogP contribution < -0.4 is 4.74 Å². The highest BCUT2D eigenvalue weighted by Crippen LogP contribution is 2.34. The summed E-state index contributed by atoms with van der Waals surface area (Å²) in [6, 6.07) is 4.86. The second kappa shape index (κ2) is 5.49. The molecular formula is C13H12F3NO2. The van der Waals surface area contributed by atoms with Crippen LogP contribution in [-0.2, 0) is 10.9 Å². The van der Waals surface area contributed by atoms with E-state index in [-0.39, 0.29) is 18.5 Å². The summed E-state index contributed by atoms with van der Waals surface area (Å²) in [7, 11) is 0. The van der Waals surface area contributed by atoms with Crippen molar-refractivity contribution in [3.63, 3.8) is 0 Å². The fourth-order valence-electron chi connectivity index (χ4n) is 1.91. The lowest BCUT2D eigenvalue weighted by Gasteiger charge is -2.14. The van der Waals surface area contributed by atoms with Gasteiger partial charge in [0.15, 0.2) is 0 Å². The minimum absolute atomic E-state index is 0.0648. The maximum Gasteiger partial charge on any atom is 0.417 e. The van der Waals surface area contributed by atoms with E-state index in [0.717, 1.165) is 25.0 Å². The summed E-state index contributed by atoms with van der Waals surface area (Å²) >= 11 is 0. The number of hydrogen-bond donors (Lipinski definition) is 0. The SMILES string of the molecule is N#Cc1ccc(OCC2CCCO2)cc1C(F)(F)F. The number of benzene rings is 1. The van der Waals surface area contributed by atoms with E-state index in [2.05, 4.69) is 0 Å². The van der Waals surface area contributed by atoms with E-state index in [4.69, 9.17) is 14.7 Å². The third kappa shape index (κ3) is 3.38. The van der Waals surface area contributed by atoms with Gasteiger partial charge in [-0.1, -0.05) is 0 Å². The number of nitriles is 1. The molecule has 0 aliphatic carbocycles. The number of alkyl halides is 3. The summed E-state index contributed by atoms with van der Waals surface area (Å²) in [6.45, 7) is 0.887. The number of rotatable bonds is 3. The minimum atomic E-state index is -4.56. The van der Waals surface area contributed by atoms with Crippen molar-refractivity contribution in [2.75, 3.05) is 13.2 Å². The minimum Gasteiger partial charge on any atom is -0.491 e. The molecule has 3 nitrogen and oxygen atoms in total. The van der Waals surface area contributed by atoms with Crippen molar-refractivity contribution in [1.82, 2.24) is 0 Å². The highest BCUT2D eigenvalue weighted by molar-refractivity contribution is 5.44. The second-order valence-electron chi connectivity index (χ2n) is 4.26. The average molecular weight is 271 g/mol. The average Bonchev–Trinajstić information content (AvgIpc) is 2.88. The normalized spacial score (nSPS) is 19.2. The van der Waals surface area contributed by atoms with E-state index < -0.39 is 17.3 Å². The van der Waals surface area contributed by atoms with Crippen molar-refractivity contribution < 1.29 is 22.6 Å². The first-order valence-corrected chi connectivity index (χ1v) is 5.86. The lowest BCUT2D eigenvalue weighted by atomic mass is 10.1. The Morgan fingerprint density at radius 1 is 1.42 bits per heavy atom. The van der Waals surface area contributed by atoms with Gasteiger partial charge in [-0.15, -0.1) is 0 Å². The van der Waals surface area contributed by atoms with Crippen LogP contribution in [0.4, 0.5) is 13.2 Å². The second-order valence-corrected chi connectivity index (χ2v) is 4.26. The van der Waals surface area contributed by atoms with Crippen molar-refractivity contribution in [3.8, 4) is 11.8 Å². The van der Waals surface area contributed by atoms with Gasteiger partial charge < -0.3 is 9.47 Å². The Balaban J connectivity index is 2.11. The van der Waals surface area contributed by atoms with Gasteiger partial charge in [-0.25, -0.2) is 0 Å². The van der Waals surface area contributed by atoms with Crippen LogP contribution in [0.1, 0.15) is 24.0 Å². The molecule has 0 spiro atoms. The van der Waals surface area contributed by atoms with Gasteiger partial charge in [0.05, 0.1) is 23.3 Å². The summed E-state index contributed by atoms with van der Waals surface area (Å²) in [4.78, 5) is 0. The first kappa shape index (κ1) is 13.7. The standard InChI is InChI=1S/C13H12F3NO2/c14-13(15,16)12-6-10(4-3-9(12)7-17)19-8-11-2-1-5-18-11/h3-4,6,11H,1-2,5,8H2. The molecule has 0 bridgehead atoms. The van der Waals surface area contributed by atoms with Crippen LogP contribution in [0, 0.1) is 11.3 Å². The van der Waals surface area contributed by atoms with Crippen LogP contribution in [0.3, 0.4) is 0 Å². The topological polar surface area (TPSA) is 42.2 Å². The molecule has 1 heterocycles. The maximum absolute atomic E-state index is 12.7. The summed E-state index contributed by atoms with van der Waals surface area (Å²) in [5.41, 5.74) is -1.38. The zero-order valence-corrected chi connectivity index (χ0v) is 10.0. The molecule has 102 valence electrons. The lowest BCUT2D eigenvalue weighted by Crippen LogP contribution is -2.16. The molecule has 6 heteroatoms. The van der Waals surface area contributed by atoms with Crippen molar-refractivity contribution in [2.24, 2.45) is 0 Å². The van der Waals surface area contributed by atoms with Gasteiger partial charge in [-0.2, -0.15) is 18.4 Å². The molecular weight excluding hydrogens is 259 g/mol. The Morgan fingerprint density at radius 3 is 2.79 bits per heavy atom. The van der Waals surface area contributed by atoms with E-state index >= 15 is 0 Å². The van der Waals surface area contributed by atoms with Crippen molar-refractivity contribution >= 4 is 0 Å². The molecule has 1 aliphatic heterocycles. The van der Waals surface area contributed by atoms with Crippen LogP contribution >= 0.6 is 0 Å². The van der Waals surface area contributed by atoms with Gasteiger partial charge in [0.2, 0.25) is 0 Å². The molecule has 0 saturated carbocycles. The smallest absolute Gasteiger partial charge is 0.417 e. The molecule has 1 unspecified atom stereocenters. The zero-order valence-electron chi connectivity index (χ0n) is 10.0. The highest BCUT2D eigenvalue weighted by Gasteiger charge is 2.34. The van der Waals surface area contributed by atoms with Crippen LogP contribution in [0.5, 0.6) is 5.75 Å². The quantitative estimate of drug-likeness (QED) is 0.848. The summed E-state index contributed by atoms with van der Waals surface area (Å²) in [5.74, 6) is 0.0989. The Kier molecular flexibility index (Phi) is 3.96. The molecule has 1 aromatic carbocycles. The first-order chi connectivity index (χ1) is 9.00. The zero-order chi connectivity index (χ0) is 13.9. The Morgan fingerprint density at radius 2 is 2.21 bits per heavy atom. The molecule has 1 saturated heterocycles. The van der Waals surface area contributed by atoms with Crippen LogP contribution in [0.25, 0.3) is 0 Å². The largest absolute Gasteiger partial charge is 0.491 e. The van der Waals surface area contributed by atoms with E-state index in [1.54, 1.807) is 0 Å². The summed E-state index contributed by atoms with van der Waals surface area (Å²) < 4.78 is 48.8. The monoisotopic (exact) mass is 271 g/mol. The van der Waals surface area contributed by atoms with E-state index in [1.807, 2.05) is 0 Å². The van der Waals surface area contributed by atoms with Gasteiger partial charge in [0.25, 0.3) is 0 Å². The Hall–Kier alpha value is -1.74. The summed E-state index contributed by atoms with van der Waals surface area (Å²) in [6.07, 6.45) is -2.84.